The average molecular weight is 154 g/mol. The van der Waals surface area contributed by atoms with Crippen LogP contribution in [0, 0.1) is 0 Å². The first-order valence-electron chi connectivity index (χ1n) is 2.94. The molecule has 0 atom stereocenters. The van der Waals surface area contributed by atoms with Gasteiger partial charge in [0.2, 0.25) is 5.91 Å². The van der Waals surface area contributed by atoms with E-state index >= 15 is 0 Å². The third-order valence-electron chi connectivity index (χ3n) is 1.20. The van der Waals surface area contributed by atoms with Gasteiger partial charge in [-0.3, -0.25) is 19.7 Å². The molecule has 1 aliphatic heterocycles. The molecule has 1 rings (SSSR count). The largest absolute Gasteiger partial charge is 0.369 e. The molecular weight excluding hydrogens is 148 g/mol. The van der Waals surface area contributed by atoms with Gasteiger partial charge < -0.3 is 5.73 Å². The van der Waals surface area contributed by atoms with E-state index in [-0.39, 0.29) is 12.0 Å². The van der Waals surface area contributed by atoms with E-state index in [1.54, 1.807) is 0 Å². The summed E-state index contributed by atoms with van der Waals surface area (Å²) >= 11 is 0. The van der Waals surface area contributed by atoms with Crippen LogP contribution in [0.5, 0.6) is 0 Å². The van der Waals surface area contributed by atoms with E-state index in [4.69, 9.17) is 5.73 Å². The van der Waals surface area contributed by atoms with Crippen molar-refractivity contribution in [2.75, 3.05) is 0 Å². The van der Waals surface area contributed by atoms with E-state index in [2.05, 4.69) is 0 Å². The molecule has 0 spiro atoms. The zero-order valence-corrected chi connectivity index (χ0v) is 5.59. The molecule has 0 aromatic carbocycles. The monoisotopic (exact) mass is 154 g/mol. The first kappa shape index (κ1) is 7.46. The molecule has 0 aromatic rings. The molecule has 0 saturated carbocycles. The van der Waals surface area contributed by atoms with Gasteiger partial charge in [-0.2, -0.15) is 0 Å². The van der Waals surface area contributed by atoms with Gasteiger partial charge in [0.25, 0.3) is 11.8 Å². The highest BCUT2D eigenvalue weighted by Crippen LogP contribution is 2.05. The maximum atomic E-state index is 10.7. The van der Waals surface area contributed by atoms with E-state index in [0.717, 1.165) is 6.08 Å². The highest BCUT2D eigenvalue weighted by Gasteiger charge is 2.21. The van der Waals surface area contributed by atoms with Crippen LogP contribution in [0.25, 0.3) is 0 Å². The Morgan fingerprint density at radius 2 is 2.18 bits per heavy atom. The van der Waals surface area contributed by atoms with Crippen molar-refractivity contribution >= 4 is 17.7 Å². The topological polar surface area (TPSA) is 89.3 Å². The summed E-state index contributed by atoms with van der Waals surface area (Å²) in [6.45, 7) is 0. The van der Waals surface area contributed by atoms with Crippen LogP contribution in [0.15, 0.2) is 11.6 Å². The zero-order chi connectivity index (χ0) is 8.43. The van der Waals surface area contributed by atoms with Gasteiger partial charge in [-0.05, 0) is 0 Å². The molecule has 0 bridgehead atoms. The minimum atomic E-state index is -0.624. The normalized spacial score (nSPS) is 16.2. The number of hydrogen-bond donors (Lipinski definition) is 2. The second-order valence-corrected chi connectivity index (χ2v) is 2.13. The molecule has 0 aromatic heterocycles. The number of hydrogen-bond acceptors (Lipinski definition) is 3. The molecule has 3 amide bonds. The second kappa shape index (κ2) is 2.53. The highest BCUT2D eigenvalue weighted by molar-refractivity contribution is 6.17. The van der Waals surface area contributed by atoms with Gasteiger partial charge in [-0.25, -0.2) is 0 Å². The molecule has 58 valence electrons. The first-order valence-corrected chi connectivity index (χ1v) is 2.94. The van der Waals surface area contributed by atoms with Crippen LogP contribution in [0.2, 0.25) is 0 Å². The summed E-state index contributed by atoms with van der Waals surface area (Å²) in [5.74, 6) is -1.65. The molecule has 5 heteroatoms. The second-order valence-electron chi connectivity index (χ2n) is 2.13. The lowest BCUT2D eigenvalue weighted by Gasteiger charge is -1.92. The van der Waals surface area contributed by atoms with Gasteiger partial charge >= 0.3 is 0 Å². The summed E-state index contributed by atoms with van der Waals surface area (Å²) < 4.78 is 0. The number of primary amides is 1. The van der Waals surface area contributed by atoms with Crippen LogP contribution in [0.4, 0.5) is 0 Å². The molecular formula is C6H6N2O3. The summed E-state index contributed by atoms with van der Waals surface area (Å²) in [4.78, 5) is 31.5. The SMILES string of the molecule is NC(=O)CC1=CC(=O)NC1=O. The number of nitrogens with one attached hydrogen (secondary N) is 1. The fourth-order valence-electron chi connectivity index (χ4n) is 0.771. The van der Waals surface area contributed by atoms with E-state index in [1.165, 1.54) is 0 Å². The van der Waals surface area contributed by atoms with E-state index < -0.39 is 17.7 Å². The maximum absolute atomic E-state index is 10.7. The number of carbonyl (C=O) groups is 3. The van der Waals surface area contributed by atoms with Crippen LogP contribution in [-0.4, -0.2) is 17.7 Å². The Morgan fingerprint density at radius 1 is 1.55 bits per heavy atom. The van der Waals surface area contributed by atoms with Crippen molar-refractivity contribution in [1.82, 2.24) is 5.32 Å². The standard InChI is InChI=1S/C6H6N2O3/c7-4(9)1-3-2-5(10)8-6(3)11/h2H,1H2,(H2,7,9)(H,8,10,11). The summed E-state index contributed by atoms with van der Waals surface area (Å²) in [6.07, 6.45) is 0.894. The molecule has 0 radical (unpaired) electrons. The van der Waals surface area contributed by atoms with Gasteiger partial charge in [-0.15, -0.1) is 0 Å². The van der Waals surface area contributed by atoms with Gasteiger partial charge in [0, 0.05) is 11.6 Å². The van der Waals surface area contributed by atoms with Crippen molar-refractivity contribution in [3.05, 3.63) is 11.6 Å². The average Bonchev–Trinajstić information content (AvgIpc) is 2.09. The number of nitrogens with two attached hydrogens (primary N) is 1. The highest BCUT2D eigenvalue weighted by atomic mass is 16.2. The molecule has 11 heavy (non-hydrogen) atoms. The summed E-state index contributed by atoms with van der Waals surface area (Å²) in [6, 6.07) is 0. The molecule has 0 saturated heterocycles. The van der Waals surface area contributed by atoms with E-state index in [9.17, 15) is 14.4 Å². The molecule has 1 heterocycles. The van der Waals surface area contributed by atoms with Crippen molar-refractivity contribution in [1.29, 1.82) is 0 Å². The zero-order valence-electron chi connectivity index (χ0n) is 5.59. The lowest BCUT2D eigenvalue weighted by atomic mass is 10.2. The van der Waals surface area contributed by atoms with Crippen molar-refractivity contribution < 1.29 is 14.4 Å². The molecule has 0 unspecified atom stereocenters. The molecule has 1 aliphatic rings. The van der Waals surface area contributed by atoms with E-state index in [0.29, 0.717) is 0 Å². The lowest BCUT2D eigenvalue weighted by molar-refractivity contribution is -0.125. The Kier molecular flexibility index (Phi) is 1.72. The third-order valence-corrected chi connectivity index (χ3v) is 1.20. The predicted octanol–water partition coefficient (Wildman–Crippen LogP) is -1.56. The molecule has 0 aliphatic carbocycles. The minimum absolute atomic E-state index is 0.127. The Morgan fingerprint density at radius 3 is 2.55 bits per heavy atom. The number of carbonyl (C=O) groups excluding carboxylic acids is 3. The molecule has 3 N–H and O–H groups in total. The van der Waals surface area contributed by atoms with Crippen LogP contribution in [0.3, 0.4) is 0 Å². The number of imide groups is 1. The lowest BCUT2D eigenvalue weighted by Crippen LogP contribution is -2.23. The Labute approximate surface area is 62.2 Å². The Hall–Kier alpha value is -1.65. The summed E-state index contributed by atoms with van der Waals surface area (Å²) in [5.41, 5.74) is 4.94. The third kappa shape index (κ3) is 1.64. The van der Waals surface area contributed by atoms with Gasteiger partial charge in [0.15, 0.2) is 0 Å². The fraction of sp³-hybridized carbons (Fsp3) is 0.167. The van der Waals surface area contributed by atoms with Crippen molar-refractivity contribution in [3.8, 4) is 0 Å². The van der Waals surface area contributed by atoms with Crippen LogP contribution in [-0.2, 0) is 14.4 Å². The smallest absolute Gasteiger partial charge is 0.254 e. The van der Waals surface area contributed by atoms with Gasteiger partial charge in [0.1, 0.15) is 0 Å². The number of amides is 3. The van der Waals surface area contributed by atoms with E-state index in [1.807, 2.05) is 5.32 Å². The van der Waals surface area contributed by atoms with Crippen molar-refractivity contribution in [3.63, 3.8) is 0 Å². The summed E-state index contributed by atoms with van der Waals surface area (Å²) in [7, 11) is 0. The number of rotatable bonds is 2. The van der Waals surface area contributed by atoms with Crippen LogP contribution < -0.4 is 11.1 Å². The van der Waals surface area contributed by atoms with Crippen LogP contribution >= 0.6 is 0 Å². The van der Waals surface area contributed by atoms with Crippen LogP contribution in [0.1, 0.15) is 6.42 Å². The molecule has 0 fully saturated rings. The Bertz CT molecular complexity index is 267. The summed E-state index contributed by atoms with van der Waals surface area (Å²) in [5, 5.41) is 1.99. The first-order chi connectivity index (χ1) is 5.09. The maximum Gasteiger partial charge on any atom is 0.254 e. The Balaban J connectivity index is 2.72. The van der Waals surface area contributed by atoms with Gasteiger partial charge in [0.05, 0.1) is 6.42 Å². The van der Waals surface area contributed by atoms with Gasteiger partial charge in [-0.1, -0.05) is 0 Å². The predicted molar refractivity (Wildman–Crippen MR) is 35.0 cm³/mol. The fourth-order valence-corrected chi connectivity index (χ4v) is 0.771. The quantitative estimate of drug-likeness (QED) is 0.471. The van der Waals surface area contributed by atoms with Crippen molar-refractivity contribution in [2.24, 2.45) is 5.73 Å². The minimum Gasteiger partial charge on any atom is -0.369 e. The molecule has 5 nitrogen and oxygen atoms in total. The van der Waals surface area contributed by atoms with Crippen molar-refractivity contribution in [2.45, 2.75) is 6.42 Å².